The van der Waals surface area contributed by atoms with E-state index in [0.717, 1.165) is 60.6 Å². The lowest BCUT2D eigenvalue weighted by atomic mass is 9.94. The highest BCUT2D eigenvalue weighted by Gasteiger charge is 2.39. The SMILES string of the molecule is CC.CCC(c1ccc(-c2nc(N3CCN(CCOC)CC3)sc2C)cc1)C(F)(F)F. The zero-order valence-electron chi connectivity index (χ0n) is 19.1. The van der Waals surface area contributed by atoms with E-state index in [9.17, 15) is 13.2 Å². The van der Waals surface area contributed by atoms with E-state index in [-0.39, 0.29) is 6.42 Å². The van der Waals surface area contributed by atoms with Crippen molar-refractivity contribution in [2.75, 3.05) is 51.3 Å². The molecule has 3 rings (SSSR count). The van der Waals surface area contributed by atoms with Crippen LogP contribution in [0.3, 0.4) is 0 Å². The largest absolute Gasteiger partial charge is 0.395 e. The van der Waals surface area contributed by atoms with E-state index < -0.39 is 12.1 Å². The summed E-state index contributed by atoms with van der Waals surface area (Å²) in [6.45, 7) is 13.0. The van der Waals surface area contributed by atoms with Gasteiger partial charge in [0.05, 0.1) is 18.2 Å². The van der Waals surface area contributed by atoms with Crippen LogP contribution in [0.1, 0.15) is 43.6 Å². The number of aromatic nitrogens is 1. The van der Waals surface area contributed by atoms with Gasteiger partial charge in [0.1, 0.15) is 0 Å². The summed E-state index contributed by atoms with van der Waals surface area (Å²) in [5.74, 6) is -1.42. The topological polar surface area (TPSA) is 28.6 Å². The molecule has 1 aromatic carbocycles. The summed E-state index contributed by atoms with van der Waals surface area (Å²) in [5, 5.41) is 0.981. The first kappa shape index (κ1) is 25.6. The van der Waals surface area contributed by atoms with Crippen LogP contribution >= 0.6 is 11.3 Å². The second-order valence-electron chi connectivity index (χ2n) is 7.35. The maximum absolute atomic E-state index is 13.2. The van der Waals surface area contributed by atoms with Gasteiger partial charge in [0.2, 0.25) is 0 Å². The maximum atomic E-state index is 13.2. The summed E-state index contributed by atoms with van der Waals surface area (Å²) in [6, 6.07) is 6.70. The fraction of sp³-hybridized carbons (Fsp3) is 0.609. The van der Waals surface area contributed by atoms with Crippen LogP contribution in [0.5, 0.6) is 0 Å². The summed E-state index contributed by atoms with van der Waals surface area (Å²) in [7, 11) is 1.72. The van der Waals surface area contributed by atoms with Crippen LogP contribution in [0, 0.1) is 6.92 Å². The van der Waals surface area contributed by atoms with Crippen molar-refractivity contribution in [2.45, 2.75) is 46.2 Å². The zero-order chi connectivity index (χ0) is 23.0. The van der Waals surface area contributed by atoms with Gasteiger partial charge in [0.25, 0.3) is 0 Å². The lowest BCUT2D eigenvalue weighted by Crippen LogP contribution is -2.47. The Hall–Kier alpha value is -1.64. The minimum absolute atomic E-state index is 0.0408. The van der Waals surface area contributed by atoms with Crippen molar-refractivity contribution in [1.29, 1.82) is 0 Å². The van der Waals surface area contributed by atoms with Crippen molar-refractivity contribution in [3.05, 3.63) is 34.7 Å². The molecule has 0 spiro atoms. The van der Waals surface area contributed by atoms with Crippen LogP contribution in [-0.2, 0) is 4.74 Å². The first-order valence-electron chi connectivity index (χ1n) is 10.9. The van der Waals surface area contributed by atoms with E-state index in [1.54, 1.807) is 49.6 Å². The lowest BCUT2D eigenvalue weighted by Gasteiger charge is -2.34. The molecule has 0 aliphatic carbocycles. The molecule has 8 heteroatoms. The van der Waals surface area contributed by atoms with Gasteiger partial charge in [0.15, 0.2) is 5.13 Å². The quantitative estimate of drug-likeness (QED) is 0.512. The molecule has 1 aliphatic heterocycles. The molecule has 174 valence electrons. The second kappa shape index (κ2) is 11.8. The van der Waals surface area contributed by atoms with E-state index in [1.807, 2.05) is 20.8 Å². The molecule has 1 fully saturated rings. The Bertz CT molecular complexity index is 784. The Kier molecular flexibility index (Phi) is 9.78. The van der Waals surface area contributed by atoms with Crippen LogP contribution < -0.4 is 4.90 Å². The van der Waals surface area contributed by atoms with Gasteiger partial charge < -0.3 is 9.64 Å². The highest BCUT2D eigenvalue weighted by atomic mass is 32.1. The number of methoxy groups -OCH3 is 1. The molecule has 0 N–H and O–H groups in total. The highest BCUT2D eigenvalue weighted by molar-refractivity contribution is 7.16. The van der Waals surface area contributed by atoms with Crippen molar-refractivity contribution < 1.29 is 17.9 Å². The molecule has 1 aromatic heterocycles. The Morgan fingerprint density at radius 2 is 1.71 bits per heavy atom. The van der Waals surface area contributed by atoms with Crippen LogP contribution in [-0.4, -0.2) is 62.5 Å². The van der Waals surface area contributed by atoms with Crippen molar-refractivity contribution in [2.24, 2.45) is 0 Å². The molecular weight excluding hydrogens is 423 g/mol. The normalized spacial score (nSPS) is 16.1. The number of halogens is 3. The van der Waals surface area contributed by atoms with Gasteiger partial charge in [-0.15, -0.1) is 11.3 Å². The van der Waals surface area contributed by atoms with Crippen molar-refractivity contribution in [3.63, 3.8) is 0 Å². The van der Waals surface area contributed by atoms with Gasteiger partial charge in [-0.05, 0) is 18.9 Å². The summed E-state index contributed by atoms with van der Waals surface area (Å²) in [6.07, 6.45) is -4.18. The van der Waals surface area contributed by atoms with E-state index in [2.05, 4.69) is 9.80 Å². The first-order valence-corrected chi connectivity index (χ1v) is 11.8. The van der Waals surface area contributed by atoms with E-state index in [0.29, 0.717) is 5.56 Å². The van der Waals surface area contributed by atoms with Gasteiger partial charge in [-0.25, -0.2) is 4.98 Å². The third kappa shape index (κ3) is 6.67. The van der Waals surface area contributed by atoms with Crippen LogP contribution in [0.2, 0.25) is 0 Å². The third-order valence-corrected chi connectivity index (χ3v) is 6.46. The predicted octanol–water partition coefficient (Wildman–Crippen LogP) is 5.97. The van der Waals surface area contributed by atoms with Crippen molar-refractivity contribution in [3.8, 4) is 11.3 Å². The number of hydrogen-bond donors (Lipinski definition) is 0. The standard InChI is InChI=1S/C21H28F3N3OS.C2H6/c1-4-18(21(22,23)24)16-5-7-17(8-6-16)19-15(2)29-20(25-19)27-11-9-26(10-12-27)13-14-28-3;1-2/h5-8,18H,4,9-14H2,1-3H3;1-2H3. The molecule has 1 saturated heterocycles. The Balaban J connectivity index is 0.00000166. The Morgan fingerprint density at radius 1 is 1.10 bits per heavy atom. The minimum Gasteiger partial charge on any atom is -0.383 e. The molecule has 0 amide bonds. The molecule has 1 aliphatic rings. The van der Waals surface area contributed by atoms with Gasteiger partial charge in [-0.3, -0.25) is 4.90 Å². The predicted molar refractivity (Wildman–Crippen MR) is 123 cm³/mol. The number of nitrogens with zero attached hydrogens (tertiary/aromatic N) is 3. The highest BCUT2D eigenvalue weighted by Crippen LogP contribution is 2.38. The summed E-state index contributed by atoms with van der Waals surface area (Å²) < 4.78 is 44.7. The molecule has 31 heavy (non-hydrogen) atoms. The van der Waals surface area contributed by atoms with Crippen LogP contribution in [0.4, 0.5) is 18.3 Å². The fourth-order valence-electron chi connectivity index (χ4n) is 3.70. The number of hydrogen-bond acceptors (Lipinski definition) is 5. The maximum Gasteiger partial charge on any atom is 0.395 e. The molecule has 1 atom stereocenters. The van der Waals surface area contributed by atoms with Gasteiger partial charge in [-0.2, -0.15) is 13.2 Å². The smallest absolute Gasteiger partial charge is 0.383 e. The monoisotopic (exact) mass is 457 g/mol. The number of ether oxygens (including phenoxy) is 1. The van der Waals surface area contributed by atoms with Crippen molar-refractivity contribution >= 4 is 16.5 Å². The zero-order valence-corrected chi connectivity index (χ0v) is 19.9. The third-order valence-electron chi connectivity index (χ3n) is 5.43. The van der Waals surface area contributed by atoms with Gasteiger partial charge in [0, 0.05) is 50.3 Å². The molecule has 0 radical (unpaired) electrons. The molecule has 0 bridgehead atoms. The average molecular weight is 458 g/mol. The number of piperazine rings is 1. The molecule has 0 saturated carbocycles. The molecule has 2 heterocycles. The van der Waals surface area contributed by atoms with Crippen LogP contribution in [0.15, 0.2) is 24.3 Å². The van der Waals surface area contributed by atoms with Gasteiger partial charge in [-0.1, -0.05) is 45.0 Å². The molecule has 1 unspecified atom stereocenters. The Morgan fingerprint density at radius 3 is 2.23 bits per heavy atom. The number of rotatable bonds is 7. The number of anilines is 1. The van der Waals surface area contributed by atoms with Gasteiger partial charge >= 0.3 is 6.18 Å². The minimum atomic E-state index is -4.22. The van der Waals surface area contributed by atoms with Crippen molar-refractivity contribution in [1.82, 2.24) is 9.88 Å². The molecule has 4 nitrogen and oxygen atoms in total. The van der Waals surface area contributed by atoms with E-state index in [4.69, 9.17) is 9.72 Å². The number of benzene rings is 1. The number of alkyl halides is 3. The van der Waals surface area contributed by atoms with E-state index in [1.165, 1.54) is 0 Å². The first-order chi connectivity index (χ1) is 14.8. The second-order valence-corrected chi connectivity index (χ2v) is 8.53. The Labute approximate surface area is 188 Å². The number of thiazole rings is 1. The molecular formula is C23H34F3N3OS. The van der Waals surface area contributed by atoms with E-state index >= 15 is 0 Å². The number of aryl methyl sites for hydroxylation is 1. The summed E-state index contributed by atoms with van der Waals surface area (Å²) >= 11 is 1.65. The molecule has 2 aromatic rings. The fourth-order valence-corrected chi connectivity index (χ4v) is 4.68. The summed E-state index contributed by atoms with van der Waals surface area (Å²) in [5.41, 5.74) is 2.03. The van der Waals surface area contributed by atoms with Crippen LogP contribution in [0.25, 0.3) is 11.3 Å². The summed E-state index contributed by atoms with van der Waals surface area (Å²) in [4.78, 5) is 10.6. The lowest BCUT2D eigenvalue weighted by molar-refractivity contribution is -0.151. The average Bonchev–Trinajstić information content (AvgIpc) is 3.15.